The third-order valence-electron chi connectivity index (χ3n) is 5.31. The van der Waals surface area contributed by atoms with Gasteiger partial charge in [-0.25, -0.2) is 4.68 Å². The van der Waals surface area contributed by atoms with E-state index in [2.05, 4.69) is 10.1 Å². The zero-order valence-electron chi connectivity index (χ0n) is 16.5. The van der Waals surface area contributed by atoms with E-state index in [1.54, 1.807) is 12.0 Å². The molecule has 6 nitrogen and oxygen atoms in total. The molecule has 1 amide bonds. The molecule has 1 aliphatic rings. The van der Waals surface area contributed by atoms with Gasteiger partial charge in [-0.1, -0.05) is 42.8 Å². The molecule has 0 spiro atoms. The Bertz CT molecular complexity index is 985. The Morgan fingerprint density at radius 3 is 2.41 bits per heavy atom. The van der Waals surface area contributed by atoms with Crippen molar-refractivity contribution in [2.75, 3.05) is 12.0 Å². The molecule has 1 aromatic heterocycles. The van der Waals surface area contributed by atoms with Gasteiger partial charge >= 0.3 is 0 Å². The molecule has 2 heterocycles. The lowest BCUT2D eigenvalue weighted by molar-refractivity contribution is -0.119. The van der Waals surface area contributed by atoms with Crippen molar-refractivity contribution in [1.82, 2.24) is 14.8 Å². The first kappa shape index (κ1) is 19.5. The second kappa shape index (κ2) is 8.25. The van der Waals surface area contributed by atoms with E-state index in [4.69, 9.17) is 16.3 Å². The highest BCUT2D eigenvalue weighted by Crippen LogP contribution is 2.42. The largest absolute Gasteiger partial charge is 0.497 e. The van der Waals surface area contributed by atoms with E-state index < -0.39 is 0 Å². The van der Waals surface area contributed by atoms with Gasteiger partial charge in [0.2, 0.25) is 11.9 Å². The summed E-state index contributed by atoms with van der Waals surface area (Å²) in [4.78, 5) is 19.3. The highest BCUT2D eigenvalue weighted by Gasteiger charge is 2.38. The molecule has 0 saturated carbocycles. The molecule has 3 aromatic rings. The summed E-state index contributed by atoms with van der Waals surface area (Å²) < 4.78 is 7.14. The van der Waals surface area contributed by atoms with Crippen LogP contribution in [0, 0.1) is 0 Å². The first-order valence-electron chi connectivity index (χ1n) is 9.73. The average Bonchev–Trinajstić information content (AvgIpc) is 3.23. The van der Waals surface area contributed by atoms with Gasteiger partial charge in [-0.3, -0.25) is 9.69 Å². The fourth-order valence-electron chi connectivity index (χ4n) is 3.89. The first-order valence-corrected chi connectivity index (χ1v) is 10.1. The highest BCUT2D eigenvalue weighted by atomic mass is 35.5. The van der Waals surface area contributed by atoms with Crippen molar-refractivity contribution in [2.24, 2.45) is 0 Å². The summed E-state index contributed by atoms with van der Waals surface area (Å²) in [5.41, 5.74) is 2.13. The van der Waals surface area contributed by atoms with E-state index in [0.29, 0.717) is 23.8 Å². The molecule has 0 aliphatic carbocycles. The van der Waals surface area contributed by atoms with Gasteiger partial charge in [0.25, 0.3) is 0 Å². The predicted octanol–water partition coefficient (Wildman–Crippen LogP) is 4.81. The van der Waals surface area contributed by atoms with Gasteiger partial charge in [-0.2, -0.15) is 10.1 Å². The van der Waals surface area contributed by atoms with Crippen molar-refractivity contribution in [3.05, 3.63) is 71.0 Å². The number of benzene rings is 2. The lowest BCUT2D eigenvalue weighted by Crippen LogP contribution is -2.42. The minimum absolute atomic E-state index is 0.0393. The van der Waals surface area contributed by atoms with Crippen LogP contribution in [-0.4, -0.2) is 27.8 Å². The van der Waals surface area contributed by atoms with Crippen molar-refractivity contribution >= 4 is 23.5 Å². The monoisotopic (exact) mass is 410 g/mol. The number of methoxy groups -OCH3 is 1. The lowest BCUT2D eigenvalue weighted by Gasteiger charge is -2.39. The maximum Gasteiger partial charge on any atom is 0.231 e. The van der Waals surface area contributed by atoms with Gasteiger partial charge in [-0.15, -0.1) is 0 Å². The Kier molecular flexibility index (Phi) is 5.53. The van der Waals surface area contributed by atoms with E-state index in [1.807, 2.05) is 60.1 Å². The van der Waals surface area contributed by atoms with Crippen LogP contribution in [0.3, 0.4) is 0 Å². The summed E-state index contributed by atoms with van der Waals surface area (Å²) in [6, 6.07) is 15.5. The number of hydrogen-bond donors (Lipinski definition) is 0. The van der Waals surface area contributed by atoms with Crippen LogP contribution in [-0.2, 0) is 4.79 Å². The average molecular weight is 411 g/mol. The highest BCUT2D eigenvalue weighted by molar-refractivity contribution is 6.30. The Morgan fingerprint density at radius 1 is 1.10 bits per heavy atom. The maximum atomic E-state index is 13.1. The van der Waals surface area contributed by atoms with Crippen molar-refractivity contribution < 1.29 is 9.53 Å². The second-order valence-corrected chi connectivity index (χ2v) is 7.55. The van der Waals surface area contributed by atoms with Gasteiger partial charge in [0.05, 0.1) is 19.2 Å². The van der Waals surface area contributed by atoms with Crippen LogP contribution in [0.5, 0.6) is 5.75 Å². The Morgan fingerprint density at radius 2 is 1.76 bits per heavy atom. The minimum Gasteiger partial charge on any atom is -0.497 e. The van der Waals surface area contributed by atoms with Crippen LogP contribution in [0.1, 0.15) is 49.4 Å². The molecule has 0 saturated heterocycles. The summed E-state index contributed by atoms with van der Waals surface area (Å²) in [6.07, 6.45) is 3.45. The summed E-state index contributed by atoms with van der Waals surface area (Å²) in [7, 11) is 1.64. The van der Waals surface area contributed by atoms with Crippen LogP contribution in [0.25, 0.3) is 0 Å². The summed E-state index contributed by atoms with van der Waals surface area (Å²) in [5, 5.41) is 5.13. The quantitative estimate of drug-likeness (QED) is 0.605. The van der Waals surface area contributed by atoms with Crippen LogP contribution in [0.2, 0.25) is 5.02 Å². The van der Waals surface area contributed by atoms with Gasteiger partial charge < -0.3 is 4.74 Å². The number of halogens is 1. The standard InChI is InChI=1S/C22H23ClN4O2/c1-3-4-21(28)26-19(15-7-11-18(29-2)12-8-15)13-20(27-22(26)24-14-25-27)16-5-9-17(23)10-6-16/h5-12,14,19-20H,3-4,13H2,1-2H3/t19-,20+/m1/s1. The number of hydrogen-bond acceptors (Lipinski definition) is 4. The number of rotatable bonds is 5. The zero-order valence-corrected chi connectivity index (χ0v) is 17.2. The molecule has 0 fully saturated rings. The number of aromatic nitrogens is 3. The second-order valence-electron chi connectivity index (χ2n) is 7.11. The number of amides is 1. The fraction of sp³-hybridized carbons (Fsp3) is 0.318. The van der Waals surface area contributed by atoms with Crippen LogP contribution < -0.4 is 9.64 Å². The molecular weight excluding hydrogens is 388 g/mol. The van der Waals surface area contributed by atoms with Gasteiger partial charge in [-0.05, 0) is 48.2 Å². The lowest BCUT2D eigenvalue weighted by atomic mass is 9.91. The zero-order chi connectivity index (χ0) is 20.4. The Hall–Kier alpha value is -2.86. The molecule has 2 aromatic carbocycles. The molecule has 1 aliphatic heterocycles. The summed E-state index contributed by atoms with van der Waals surface area (Å²) in [5.74, 6) is 1.42. The predicted molar refractivity (Wildman–Crippen MR) is 112 cm³/mol. The van der Waals surface area contributed by atoms with Gasteiger partial charge in [0.15, 0.2) is 0 Å². The van der Waals surface area contributed by atoms with Crippen LogP contribution in [0.15, 0.2) is 54.9 Å². The van der Waals surface area contributed by atoms with E-state index >= 15 is 0 Å². The Balaban J connectivity index is 1.80. The number of ether oxygens (including phenoxy) is 1. The first-order chi connectivity index (χ1) is 14.1. The van der Waals surface area contributed by atoms with Crippen molar-refractivity contribution in [1.29, 1.82) is 0 Å². The van der Waals surface area contributed by atoms with E-state index in [0.717, 1.165) is 23.3 Å². The topological polar surface area (TPSA) is 60.2 Å². The third kappa shape index (κ3) is 3.72. The third-order valence-corrected chi connectivity index (χ3v) is 5.56. The number of anilines is 1. The van der Waals surface area contributed by atoms with Gasteiger partial charge in [0, 0.05) is 11.4 Å². The summed E-state index contributed by atoms with van der Waals surface area (Å²) >= 11 is 6.08. The molecule has 0 radical (unpaired) electrons. The molecular formula is C22H23ClN4O2. The maximum absolute atomic E-state index is 13.1. The van der Waals surface area contributed by atoms with E-state index in [-0.39, 0.29) is 18.0 Å². The molecule has 0 unspecified atom stereocenters. The molecule has 2 atom stereocenters. The minimum atomic E-state index is -0.141. The van der Waals surface area contributed by atoms with E-state index in [9.17, 15) is 4.79 Å². The van der Waals surface area contributed by atoms with Crippen LogP contribution >= 0.6 is 11.6 Å². The molecule has 4 rings (SSSR count). The molecule has 29 heavy (non-hydrogen) atoms. The molecule has 0 N–H and O–H groups in total. The molecule has 150 valence electrons. The number of carbonyl (C=O) groups excluding carboxylic acids is 1. The molecule has 7 heteroatoms. The SMILES string of the molecule is CCCC(=O)N1c2ncnn2[C@H](c2ccc(Cl)cc2)C[C@@H]1c1ccc(OC)cc1. The van der Waals surface area contributed by atoms with Crippen molar-refractivity contribution in [3.63, 3.8) is 0 Å². The number of fused-ring (bicyclic) bond motifs is 1. The van der Waals surface area contributed by atoms with Crippen LogP contribution in [0.4, 0.5) is 5.95 Å². The van der Waals surface area contributed by atoms with Gasteiger partial charge in [0.1, 0.15) is 12.1 Å². The van der Waals surface area contributed by atoms with Crippen molar-refractivity contribution in [2.45, 2.75) is 38.3 Å². The Labute approximate surface area is 175 Å². The fourth-order valence-corrected chi connectivity index (χ4v) is 4.01. The van der Waals surface area contributed by atoms with E-state index in [1.165, 1.54) is 6.33 Å². The smallest absolute Gasteiger partial charge is 0.231 e. The number of nitrogens with zero attached hydrogens (tertiary/aromatic N) is 4. The number of carbonyl (C=O) groups is 1. The molecule has 0 bridgehead atoms. The van der Waals surface area contributed by atoms with Crippen molar-refractivity contribution in [3.8, 4) is 5.75 Å². The summed E-state index contributed by atoms with van der Waals surface area (Å²) in [6.45, 7) is 2.01. The normalized spacial score (nSPS) is 18.4.